The van der Waals surface area contributed by atoms with Crippen LogP contribution in [0, 0.1) is 0 Å². The third-order valence-electron chi connectivity index (χ3n) is 3.13. The van der Waals surface area contributed by atoms with Gasteiger partial charge in [-0.05, 0) is 23.8 Å². The molecule has 5 nitrogen and oxygen atoms in total. The maximum Gasteiger partial charge on any atom is 0.234 e. The number of anilines is 2. The van der Waals surface area contributed by atoms with Crippen molar-refractivity contribution in [3.8, 4) is 0 Å². The van der Waals surface area contributed by atoms with E-state index >= 15 is 0 Å². The average Bonchev–Trinajstić information content (AvgIpc) is 3.07. The molecule has 2 aromatic carbocycles. The SMILES string of the molecule is O=C(CSc1nnc(NCc2ccccc2)s1)Nc1cccc(Cl)c1. The molecular formula is C17H15ClN4OS2. The number of carbonyl (C=O) groups is 1. The van der Waals surface area contributed by atoms with Gasteiger partial charge >= 0.3 is 0 Å². The summed E-state index contributed by atoms with van der Waals surface area (Å²) in [5.74, 6) is 0.154. The number of amides is 1. The summed E-state index contributed by atoms with van der Waals surface area (Å²) in [6, 6.07) is 17.1. The van der Waals surface area contributed by atoms with Crippen molar-refractivity contribution in [2.24, 2.45) is 0 Å². The zero-order chi connectivity index (χ0) is 17.5. The zero-order valence-corrected chi connectivity index (χ0v) is 15.5. The molecule has 0 bridgehead atoms. The lowest BCUT2D eigenvalue weighted by Gasteiger charge is -2.04. The van der Waals surface area contributed by atoms with Crippen LogP contribution in [0.1, 0.15) is 5.56 Å². The van der Waals surface area contributed by atoms with Gasteiger partial charge in [0.2, 0.25) is 11.0 Å². The second kappa shape index (κ2) is 8.84. The molecule has 25 heavy (non-hydrogen) atoms. The van der Waals surface area contributed by atoms with Crippen molar-refractivity contribution in [2.75, 3.05) is 16.4 Å². The van der Waals surface area contributed by atoms with Gasteiger partial charge in [0.05, 0.1) is 5.75 Å². The minimum absolute atomic E-state index is 0.110. The first-order valence-corrected chi connectivity index (χ1v) is 9.66. The molecule has 3 rings (SSSR count). The Hall–Kier alpha value is -2.09. The fraction of sp³-hybridized carbons (Fsp3) is 0.118. The molecule has 1 aromatic heterocycles. The highest BCUT2D eigenvalue weighted by molar-refractivity contribution is 8.01. The second-order valence-corrected chi connectivity index (χ2v) is 7.70. The van der Waals surface area contributed by atoms with E-state index < -0.39 is 0 Å². The number of rotatable bonds is 7. The van der Waals surface area contributed by atoms with Crippen LogP contribution in [0.2, 0.25) is 5.02 Å². The summed E-state index contributed by atoms with van der Waals surface area (Å²) in [6.45, 7) is 0.690. The Bertz CT molecular complexity index is 841. The third-order valence-corrected chi connectivity index (χ3v) is 5.38. The van der Waals surface area contributed by atoms with E-state index in [0.717, 1.165) is 9.47 Å². The Morgan fingerprint density at radius 2 is 1.96 bits per heavy atom. The van der Waals surface area contributed by atoms with Crippen LogP contribution in [0.5, 0.6) is 0 Å². The summed E-state index contributed by atoms with van der Waals surface area (Å²) in [4.78, 5) is 12.0. The van der Waals surface area contributed by atoms with Gasteiger partial charge in [0.15, 0.2) is 4.34 Å². The van der Waals surface area contributed by atoms with E-state index in [-0.39, 0.29) is 11.7 Å². The molecule has 0 aliphatic carbocycles. The van der Waals surface area contributed by atoms with Crippen LogP contribution in [0.3, 0.4) is 0 Å². The minimum Gasteiger partial charge on any atom is -0.356 e. The van der Waals surface area contributed by atoms with Crippen LogP contribution in [-0.4, -0.2) is 21.9 Å². The Labute approximate surface area is 158 Å². The lowest BCUT2D eigenvalue weighted by atomic mass is 10.2. The number of nitrogens with one attached hydrogen (secondary N) is 2. The number of carbonyl (C=O) groups excluding carboxylic acids is 1. The first-order valence-electron chi connectivity index (χ1n) is 7.48. The minimum atomic E-state index is -0.110. The maximum atomic E-state index is 12.0. The van der Waals surface area contributed by atoms with Gasteiger partial charge in [0, 0.05) is 17.3 Å². The number of aromatic nitrogens is 2. The molecule has 1 heterocycles. The van der Waals surface area contributed by atoms with Gasteiger partial charge in [-0.1, -0.05) is 71.1 Å². The summed E-state index contributed by atoms with van der Waals surface area (Å²) >= 11 is 8.68. The van der Waals surface area contributed by atoms with Gasteiger partial charge in [-0.2, -0.15) is 0 Å². The molecule has 0 unspecified atom stereocenters. The highest BCUT2D eigenvalue weighted by atomic mass is 35.5. The number of benzene rings is 2. The Balaban J connectivity index is 1.45. The highest BCUT2D eigenvalue weighted by Gasteiger charge is 2.08. The molecule has 0 radical (unpaired) electrons. The molecule has 0 atom stereocenters. The summed E-state index contributed by atoms with van der Waals surface area (Å²) < 4.78 is 0.747. The molecule has 8 heteroatoms. The van der Waals surface area contributed by atoms with Gasteiger partial charge in [-0.25, -0.2) is 0 Å². The highest BCUT2D eigenvalue weighted by Crippen LogP contribution is 2.26. The molecule has 2 N–H and O–H groups in total. The number of hydrogen-bond acceptors (Lipinski definition) is 6. The smallest absolute Gasteiger partial charge is 0.234 e. The molecule has 0 saturated carbocycles. The largest absolute Gasteiger partial charge is 0.356 e. The number of halogens is 1. The molecule has 0 fully saturated rings. The fourth-order valence-corrected chi connectivity index (χ4v) is 3.74. The van der Waals surface area contributed by atoms with Crippen LogP contribution >= 0.6 is 34.7 Å². The molecular weight excluding hydrogens is 376 g/mol. The predicted molar refractivity (Wildman–Crippen MR) is 104 cm³/mol. The average molecular weight is 391 g/mol. The molecule has 128 valence electrons. The van der Waals surface area contributed by atoms with Crippen LogP contribution in [-0.2, 0) is 11.3 Å². The molecule has 1 amide bonds. The van der Waals surface area contributed by atoms with Crippen LogP contribution < -0.4 is 10.6 Å². The van der Waals surface area contributed by atoms with E-state index in [1.54, 1.807) is 24.3 Å². The van der Waals surface area contributed by atoms with Crippen molar-refractivity contribution in [3.63, 3.8) is 0 Å². The van der Waals surface area contributed by atoms with Gasteiger partial charge in [-0.15, -0.1) is 10.2 Å². The van der Waals surface area contributed by atoms with Crippen LogP contribution in [0.25, 0.3) is 0 Å². The van der Waals surface area contributed by atoms with E-state index in [1.165, 1.54) is 28.7 Å². The summed E-state index contributed by atoms with van der Waals surface area (Å²) in [7, 11) is 0. The van der Waals surface area contributed by atoms with Crippen molar-refractivity contribution in [1.29, 1.82) is 0 Å². The zero-order valence-electron chi connectivity index (χ0n) is 13.1. The monoisotopic (exact) mass is 390 g/mol. The van der Waals surface area contributed by atoms with Crippen molar-refractivity contribution < 1.29 is 4.79 Å². The molecule has 0 aliphatic heterocycles. The predicted octanol–water partition coefficient (Wildman–Crippen LogP) is 4.53. The van der Waals surface area contributed by atoms with E-state index in [2.05, 4.69) is 20.8 Å². The van der Waals surface area contributed by atoms with Crippen molar-refractivity contribution in [3.05, 3.63) is 65.2 Å². The Morgan fingerprint density at radius 3 is 2.76 bits per heavy atom. The van der Waals surface area contributed by atoms with E-state index in [9.17, 15) is 4.79 Å². The van der Waals surface area contributed by atoms with E-state index in [1.807, 2.05) is 30.3 Å². The van der Waals surface area contributed by atoms with Crippen molar-refractivity contribution >= 4 is 51.4 Å². The molecule has 3 aromatic rings. The van der Waals surface area contributed by atoms with Crippen LogP contribution in [0.15, 0.2) is 58.9 Å². The standard InChI is InChI=1S/C17H15ClN4OS2/c18-13-7-4-8-14(9-13)20-15(23)11-24-17-22-21-16(25-17)19-10-12-5-2-1-3-6-12/h1-9H,10-11H2,(H,19,21)(H,20,23). The van der Waals surface area contributed by atoms with Gasteiger partial charge < -0.3 is 10.6 Å². The summed E-state index contributed by atoms with van der Waals surface area (Å²) in [5, 5.41) is 15.5. The Kier molecular flexibility index (Phi) is 6.27. The molecule has 0 spiro atoms. The van der Waals surface area contributed by atoms with Gasteiger partial charge in [0.25, 0.3) is 0 Å². The Morgan fingerprint density at radius 1 is 1.12 bits per heavy atom. The molecule has 0 aliphatic rings. The van der Waals surface area contributed by atoms with E-state index in [0.29, 0.717) is 17.3 Å². The number of thioether (sulfide) groups is 1. The first kappa shape index (κ1) is 17.7. The van der Waals surface area contributed by atoms with Crippen LogP contribution in [0.4, 0.5) is 10.8 Å². The fourth-order valence-electron chi connectivity index (χ4n) is 2.00. The topological polar surface area (TPSA) is 66.9 Å². The first-order chi connectivity index (χ1) is 12.2. The van der Waals surface area contributed by atoms with E-state index in [4.69, 9.17) is 11.6 Å². The summed E-state index contributed by atoms with van der Waals surface area (Å²) in [6.07, 6.45) is 0. The van der Waals surface area contributed by atoms with Gasteiger partial charge in [-0.3, -0.25) is 4.79 Å². The summed E-state index contributed by atoms with van der Waals surface area (Å²) in [5.41, 5.74) is 1.85. The second-order valence-electron chi connectivity index (χ2n) is 5.06. The van der Waals surface area contributed by atoms with Crippen molar-refractivity contribution in [2.45, 2.75) is 10.9 Å². The lowest BCUT2D eigenvalue weighted by Crippen LogP contribution is -2.13. The lowest BCUT2D eigenvalue weighted by molar-refractivity contribution is -0.113. The van der Waals surface area contributed by atoms with Gasteiger partial charge in [0.1, 0.15) is 0 Å². The number of hydrogen-bond donors (Lipinski definition) is 2. The normalized spacial score (nSPS) is 10.4. The maximum absolute atomic E-state index is 12.0. The third kappa shape index (κ3) is 5.74. The van der Waals surface area contributed by atoms with Crippen molar-refractivity contribution in [1.82, 2.24) is 10.2 Å². The molecule has 0 saturated heterocycles. The number of nitrogens with zero attached hydrogens (tertiary/aromatic N) is 2. The quantitative estimate of drug-likeness (QED) is 0.580.